The molecule has 1 atom stereocenters. The maximum Gasteiger partial charge on any atom is 0.343 e. The van der Waals surface area contributed by atoms with Crippen molar-refractivity contribution in [3.8, 4) is 23.0 Å². The normalized spacial score (nSPS) is 10.9. The van der Waals surface area contributed by atoms with Gasteiger partial charge in [-0.15, -0.1) is 0 Å². The van der Waals surface area contributed by atoms with E-state index in [0.717, 1.165) is 12.2 Å². The second kappa shape index (κ2) is 16.2. The Morgan fingerprint density at radius 3 is 1.91 bits per heavy atom. The molecule has 0 fully saturated rings. The van der Waals surface area contributed by atoms with Crippen molar-refractivity contribution in [2.24, 2.45) is 0 Å². The standard InChI is InChI=1S/C33H32O10/c1-5-29(34)39-20-8-19-38-24-11-9-23(10-12-24)32(36)41-25-13-15-26(16-14-25)42-33(37)28-18-17-27(21-22(28)4)40-31(7-3)43-30(35)6-2/h5-6,9-18,21,31H,1-2,7-8,19-20H2,3-4H3. The van der Waals surface area contributed by atoms with E-state index in [4.69, 9.17) is 28.4 Å². The Morgan fingerprint density at radius 2 is 1.33 bits per heavy atom. The molecule has 0 aliphatic heterocycles. The first-order valence-corrected chi connectivity index (χ1v) is 13.4. The van der Waals surface area contributed by atoms with Gasteiger partial charge in [0.2, 0.25) is 6.29 Å². The first kappa shape index (κ1) is 32.1. The maximum atomic E-state index is 12.8. The molecule has 0 bridgehead atoms. The topological polar surface area (TPSA) is 124 Å². The summed E-state index contributed by atoms with van der Waals surface area (Å²) in [5.74, 6) is -0.742. The number of benzene rings is 3. The first-order valence-electron chi connectivity index (χ1n) is 13.4. The van der Waals surface area contributed by atoms with Crippen LogP contribution in [0.2, 0.25) is 0 Å². The van der Waals surface area contributed by atoms with E-state index < -0.39 is 30.2 Å². The number of carbonyl (C=O) groups excluding carboxylic acids is 4. The van der Waals surface area contributed by atoms with Crippen LogP contribution in [0.1, 0.15) is 46.0 Å². The van der Waals surface area contributed by atoms with Crippen molar-refractivity contribution in [3.63, 3.8) is 0 Å². The Kier molecular flexibility index (Phi) is 12.1. The van der Waals surface area contributed by atoms with Crippen LogP contribution in [-0.4, -0.2) is 43.4 Å². The van der Waals surface area contributed by atoms with Gasteiger partial charge in [0.25, 0.3) is 0 Å². The van der Waals surface area contributed by atoms with Crippen molar-refractivity contribution < 1.29 is 47.6 Å². The zero-order chi connectivity index (χ0) is 31.2. The van der Waals surface area contributed by atoms with Crippen LogP contribution in [0.5, 0.6) is 23.0 Å². The Balaban J connectivity index is 1.50. The summed E-state index contributed by atoms with van der Waals surface area (Å²) in [7, 11) is 0. The molecule has 0 heterocycles. The summed E-state index contributed by atoms with van der Waals surface area (Å²) in [5, 5.41) is 0. The molecule has 0 aliphatic carbocycles. The molecule has 3 aromatic rings. The van der Waals surface area contributed by atoms with Crippen LogP contribution in [0.3, 0.4) is 0 Å². The third-order valence-corrected chi connectivity index (χ3v) is 5.74. The van der Waals surface area contributed by atoms with Gasteiger partial charge < -0.3 is 28.4 Å². The molecule has 0 aliphatic rings. The molecule has 0 N–H and O–H groups in total. The minimum Gasteiger partial charge on any atom is -0.493 e. The lowest BCUT2D eigenvalue weighted by Crippen LogP contribution is -2.22. The Hall–Kier alpha value is -5.38. The molecule has 3 aromatic carbocycles. The zero-order valence-corrected chi connectivity index (χ0v) is 23.9. The predicted octanol–water partition coefficient (Wildman–Crippen LogP) is 5.78. The second-order valence-corrected chi connectivity index (χ2v) is 8.92. The Morgan fingerprint density at radius 1 is 0.744 bits per heavy atom. The monoisotopic (exact) mass is 588 g/mol. The SMILES string of the molecule is C=CC(=O)OCCCOc1ccc(C(=O)Oc2ccc(OC(=O)c3ccc(OC(CC)OC(=O)C=C)cc3C)cc2)cc1. The van der Waals surface area contributed by atoms with Crippen LogP contribution in [0.15, 0.2) is 92.0 Å². The average molecular weight is 589 g/mol. The van der Waals surface area contributed by atoms with E-state index in [1.165, 1.54) is 24.3 Å². The van der Waals surface area contributed by atoms with Gasteiger partial charge in [-0.1, -0.05) is 20.1 Å². The van der Waals surface area contributed by atoms with Gasteiger partial charge >= 0.3 is 23.9 Å². The van der Waals surface area contributed by atoms with E-state index in [0.29, 0.717) is 47.6 Å². The molecule has 0 radical (unpaired) electrons. The maximum absolute atomic E-state index is 12.8. The number of rotatable bonds is 15. The highest BCUT2D eigenvalue weighted by Gasteiger charge is 2.16. The molecule has 0 aromatic heterocycles. The van der Waals surface area contributed by atoms with Crippen molar-refractivity contribution in [2.45, 2.75) is 33.0 Å². The third-order valence-electron chi connectivity index (χ3n) is 5.74. The van der Waals surface area contributed by atoms with Crippen LogP contribution >= 0.6 is 0 Å². The van der Waals surface area contributed by atoms with Crippen LogP contribution in [0, 0.1) is 6.92 Å². The third kappa shape index (κ3) is 10.2. The lowest BCUT2D eigenvalue weighted by Gasteiger charge is -2.18. The van der Waals surface area contributed by atoms with Crippen molar-refractivity contribution in [1.82, 2.24) is 0 Å². The molecule has 0 amide bonds. The predicted molar refractivity (Wildman–Crippen MR) is 156 cm³/mol. The van der Waals surface area contributed by atoms with Crippen LogP contribution in [0.25, 0.3) is 0 Å². The average Bonchev–Trinajstić information content (AvgIpc) is 3.01. The Labute approximate surface area is 249 Å². The van der Waals surface area contributed by atoms with Crippen molar-refractivity contribution in [3.05, 3.63) is 109 Å². The van der Waals surface area contributed by atoms with Crippen molar-refractivity contribution in [1.29, 1.82) is 0 Å². The summed E-state index contributed by atoms with van der Waals surface area (Å²) in [5.41, 5.74) is 1.24. The number of hydrogen-bond acceptors (Lipinski definition) is 10. The van der Waals surface area contributed by atoms with Crippen LogP contribution in [0.4, 0.5) is 0 Å². The molecule has 0 saturated carbocycles. The highest BCUT2D eigenvalue weighted by Crippen LogP contribution is 2.24. The summed E-state index contributed by atoms with van der Waals surface area (Å²) in [6, 6.07) is 17.2. The van der Waals surface area contributed by atoms with Crippen LogP contribution < -0.4 is 18.9 Å². The molecule has 10 heteroatoms. The van der Waals surface area contributed by atoms with Gasteiger partial charge in [-0.25, -0.2) is 19.2 Å². The zero-order valence-electron chi connectivity index (χ0n) is 23.9. The molecular formula is C33H32O10. The number of carbonyl (C=O) groups is 4. The first-order chi connectivity index (χ1) is 20.7. The lowest BCUT2D eigenvalue weighted by atomic mass is 10.1. The molecular weight excluding hydrogens is 556 g/mol. The highest BCUT2D eigenvalue weighted by molar-refractivity contribution is 5.93. The minimum atomic E-state index is -0.790. The van der Waals surface area contributed by atoms with Gasteiger partial charge in [0, 0.05) is 25.0 Å². The Bertz CT molecular complexity index is 1440. The fourth-order valence-corrected chi connectivity index (χ4v) is 3.53. The van der Waals surface area contributed by atoms with E-state index in [-0.39, 0.29) is 18.1 Å². The van der Waals surface area contributed by atoms with E-state index in [1.54, 1.807) is 56.3 Å². The van der Waals surface area contributed by atoms with Gasteiger partial charge in [-0.05, 0) is 79.2 Å². The van der Waals surface area contributed by atoms with Crippen LogP contribution in [-0.2, 0) is 19.1 Å². The van der Waals surface area contributed by atoms with Gasteiger partial charge in [-0.3, -0.25) is 0 Å². The van der Waals surface area contributed by atoms with Gasteiger partial charge in [0.15, 0.2) is 0 Å². The summed E-state index contributed by atoms with van der Waals surface area (Å²) in [6.45, 7) is 10.8. The quantitative estimate of drug-likeness (QED) is 0.0710. The van der Waals surface area contributed by atoms with Crippen molar-refractivity contribution in [2.75, 3.05) is 13.2 Å². The molecule has 0 saturated heterocycles. The summed E-state index contributed by atoms with van der Waals surface area (Å²) in [4.78, 5) is 47.8. The smallest absolute Gasteiger partial charge is 0.343 e. The number of hydrogen-bond donors (Lipinski definition) is 0. The molecule has 10 nitrogen and oxygen atoms in total. The fraction of sp³-hybridized carbons (Fsp3) is 0.212. The number of aryl methyl sites for hydroxylation is 1. The fourth-order valence-electron chi connectivity index (χ4n) is 3.53. The van der Waals surface area contributed by atoms with E-state index >= 15 is 0 Å². The van der Waals surface area contributed by atoms with Gasteiger partial charge in [0.1, 0.15) is 23.0 Å². The van der Waals surface area contributed by atoms with E-state index in [1.807, 2.05) is 0 Å². The van der Waals surface area contributed by atoms with Gasteiger partial charge in [0.05, 0.1) is 24.3 Å². The lowest BCUT2D eigenvalue weighted by molar-refractivity contribution is -0.157. The molecule has 224 valence electrons. The second-order valence-electron chi connectivity index (χ2n) is 8.92. The molecule has 3 rings (SSSR count). The number of esters is 4. The molecule has 0 spiro atoms. The van der Waals surface area contributed by atoms with Gasteiger partial charge in [-0.2, -0.15) is 0 Å². The van der Waals surface area contributed by atoms with Crippen molar-refractivity contribution >= 4 is 23.9 Å². The summed E-state index contributed by atoms with van der Waals surface area (Å²) >= 11 is 0. The largest absolute Gasteiger partial charge is 0.493 e. The summed E-state index contributed by atoms with van der Waals surface area (Å²) < 4.78 is 32.1. The molecule has 43 heavy (non-hydrogen) atoms. The number of ether oxygens (including phenoxy) is 6. The molecule has 1 unspecified atom stereocenters. The van der Waals surface area contributed by atoms with E-state index in [2.05, 4.69) is 13.2 Å². The van der Waals surface area contributed by atoms with E-state index in [9.17, 15) is 19.2 Å². The highest BCUT2D eigenvalue weighted by atomic mass is 16.7. The summed E-state index contributed by atoms with van der Waals surface area (Å²) in [6.07, 6.45) is 2.29. The minimum absolute atomic E-state index is 0.215.